The summed E-state index contributed by atoms with van der Waals surface area (Å²) in [6.07, 6.45) is 0. The average molecular weight is 357 g/mol. The van der Waals surface area contributed by atoms with Crippen LogP contribution in [-0.2, 0) is 0 Å². The van der Waals surface area contributed by atoms with E-state index in [2.05, 4.69) is 21.2 Å². The molecule has 0 aliphatic carbocycles. The van der Waals surface area contributed by atoms with E-state index in [1.165, 1.54) is 18.2 Å². The maximum absolute atomic E-state index is 12.1. The molecule has 0 aromatic heterocycles. The molecule has 0 saturated heterocycles. The van der Waals surface area contributed by atoms with Crippen LogP contribution in [0.1, 0.15) is 10.4 Å². The molecular formula is C14H11BrClNO3. The lowest BCUT2D eigenvalue weighted by atomic mass is 10.2. The van der Waals surface area contributed by atoms with E-state index in [1.54, 1.807) is 25.3 Å². The summed E-state index contributed by atoms with van der Waals surface area (Å²) in [7, 11) is 1.55. The Morgan fingerprint density at radius 3 is 2.70 bits per heavy atom. The largest absolute Gasteiger partial charge is 0.506 e. The summed E-state index contributed by atoms with van der Waals surface area (Å²) in [5.41, 5.74) is 0.942. The Labute approximate surface area is 129 Å². The first-order chi connectivity index (χ1) is 9.49. The minimum Gasteiger partial charge on any atom is -0.506 e. The van der Waals surface area contributed by atoms with Crippen LogP contribution in [0.3, 0.4) is 0 Å². The number of methoxy groups -OCH3 is 1. The van der Waals surface area contributed by atoms with Crippen LogP contribution >= 0.6 is 27.5 Å². The van der Waals surface area contributed by atoms with E-state index < -0.39 is 0 Å². The van der Waals surface area contributed by atoms with Crippen molar-refractivity contribution in [3.63, 3.8) is 0 Å². The lowest BCUT2D eigenvalue weighted by molar-refractivity contribution is 0.102. The third-order valence-corrected chi connectivity index (χ3v) is 3.34. The molecule has 2 aromatic carbocycles. The summed E-state index contributed by atoms with van der Waals surface area (Å²) in [6.45, 7) is 0. The second kappa shape index (κ2) is 6.15. The van der Waals surface area contributed by atoms with Gasteiger partial charge >= 0.3 is 0 Å². The second-order valence-electron chi connectivity index (χ2n) is 4.00. The molecule has 2 N–H and O–H groups in total. The number of phenolic OH excluding ortho intramolecular Hbond substituents is 1. The number of halogens is 2. The van der Waals surface area contributed by atoms with Crippen LogP contribution in [0.4, 0.5) is 5.69 Å². The van der Waals surface area contributed by atoms with Crippen molar-refractivity contribution < 1.29 is 14.6 Å². The molecule has 2 aromatic rings. The first-order valence-electron chi connectivity index (χ1n) is 5.64. The van der Waals surface area contributed by atoms with Gasteiger partial charge in [-0.05, 0) is 30.3 Å². The summed E-state index contributed by atoms with van der Waals surface area (Å²) >= 11 is 9.11. The van der Waals surface area contributed by atoms with Crippen LogP contribution in [0.5, 0.6) is 11.5 Å². The number of amides is 1. The van der Waals surface area contributed by atoms with E-state index in [-0.39, 0.29) is 16.7 Å². The highest BCUT2D eigenvalue weighted by atomic mass is 79.9. The Balaban J connectivity index is 2.23. The van der Waals surface area contributed by atoms with Crippen molar-refractivity contribution in [2.45, 2.75) is 0 Å². The highest BCUT2D eigenvalue weighted by Crippen LogP contribution is 2.26. The standard InChI is InChI=1S/C14H11BrClNO3/c1-20-11-6-9(15)5-10(7-11)17-14(19)8-2-3-13(18)12(16)4-8/h2-7,18H,1H3,(H,17,19). The first-order valence-corrected chi connectivity index (χ1v) is 6.81. The molecule has 2 rings (SSSR count). The zero-order valence-electron chi connectivity index (χ0n) is 10.5. The fraction of sp³-hybridized carbons (Fsp3) is 0.0714. The first kappa shape index (κ1) is 14.7. The van der Waals surface area contributed by atoms with Crippen LogP contribution in [0.2, 0.25) is 5.02 Å². The number of benzene rings is 2. The number of hydrogen-bond acceptors (Lipinski definition) is 3. The van der Waals surface area contributed by atoms with Crippen molar-refractivity contribution in [3.8, 4) is 11.5 Å². The number of carbonyl (C=O) groups is 1. The van der Waals surface area contributed by atoms with Crippen molar-refractivity contribution in [2.24, 2.45) is 0 Å². The highest BCUT2D eigenvalue weighted by Gasteiger charge is 2.10. The van der Waals surface area contributed by atoms with E-state index in [0.717, 1.165) is 4.47 Å². The number of aromatic hydroxyl groups is 1. The van der Waals surface area contributed by atoms with E-state index in [9.17, 15) is 9.90 Å². The van der Waals surface area contributed by atoms with Gasteiger partial charge in [-0.15, -0.1) is 0 Å². The quantitative estimate of drug-likeness (QED) is 0.871. The molecule has 1 amide bonds. The fourth-order valence-electron chi connectivity index (χ4n) is 1.60. The summed E-state index contributed by atoms with van der Waals surface area (Å²) in [6, 6.07) is 9.51. The monoisotopic (exact) mass is 355 g/mol. The van der Waals surface area contributed by atoms with Crippen LogP contribution in [-0.4, -0.2) is 18.1 Å². The lowest BCUT2D eigenvalue weighted by Gasteiger charge is -2.08. The van der Waals surface area contributed by atoms with Crippen LogP contribution in [0, 0.1) is 0 Å². The zero-order valence-corrected chi connectivity index (χ0v) is 12.8. The molecule has 0 bridgehead atoms. The molecule has 0 aliphatic rings. The van der Waals surface area contributed by atoms with Crippen LogP contribution < -0.4 is 10.1 Å². The predicted octanol–water partition coefficient (Wildman–Crippen LogP) is 4.07. The van der Waals surface area contributed by atoms with Gasteiger partial charge < -0.3 is 15.2 Å². The third kappa shape index (κ3) is 3.43. The van der Waals surface area contributed by atoms with Crippen molar-refractivity contribution in [1.29, 1.82) is 0 Å². The van der Waals surface area contributed by atoms with Crippen molar-refractivity contribution in [2.75, 3.05) is 12.4 Å². The lowest BCUT2D eigenvalue weighted by Crippen LogP contribution is -2.11. The zero-order chi connectivity index (χ0) is 14.7. The van der Waals surface area contributed by atoms with Gasteiger partial charge in [0.1, 0.15) is 11.5 Å². The molecule has 4 nitrogen and oxygen atoms in total. The molecule has 0 atom stereocenters. The molecule has 0 heterocycles. The molecule has 104 valence electrons. The maximum atomic E-state index is 12.1. The number of hydrogen-bond donors (Lipinski definition) is 2. The molecule has 6 heteroatoms. The van der Waals surface area contributed by atoms with Gasteiger partial charge in [0.25, 0.3) is 5.91 Å². The molecule has 0 spiro atoms. The number of carbonyl (C=O) groups excluding carboxylic acids is 1. The minimum absolute atomic E-state index is 0.0626. The van der Waals surface area contributed by atoms with Gasteiger partial charge in [0.05, 0.1) is 12.1 Å². The van der Waals surface area contributed by atoms with E-state index in [4.69, 9.17) is 16.3 Å². The van der Waals surface area contributed by atoms with Crippen molar-refractivity contribution >= 4 is 39.1 Å². The van der Waals surface area contributed by atoms with Gasteiger partial charge in [0.2, 0.25) is 0 Å². The topological polar surface area (TPSA) is 58.6 Å². The van der Waals surface area contributed by atoms with E-state index in [0.29, 0.717) is 17.0 Å². The van der Waals surface area contributed by atoms with Gasteiger partial charge in [-0.1, -0.05) is 27.5 Å². The number of anilines is 1. The van der Waals surface area contributed by atoms with Gasteiger partial charge in [0.15, 0.2) is 0 Å². The normalized spacial score (nSPS) is 10.2. The summed E-state index contributed by atoms with van der Waals surface area (Å²) in [4.78, 5) is 12.1. The Hall–Kier alpha value is -1.72. The maximum Gasteiger partial charge on any atom is 0.255 e. The predicted molar refractivity (Wildman–Crippen MR) is 81.8 cm³/mol. The summed E-state index contributed by atoms with van der Waals surface area (Å²) in [5, 5.41) is 12.2. The van der Waals surface area contributed by atoms with Crippen LogP contribution in [0.15, 0.2) is 40.9 Å². The van der Waals surface area contributed by atoms with Crippen molar-refractivity contribution in [3.05, 3.63) is 51.5 Å². The van der Waals surface area contributed by atoms with Gasteiger partial charge in [-0.2, -0.15) is 0 Å². The number of phenols is 1. The van der Waals surface area contributed by atoms with Crippen LogP contribution in [0.25, 0.3) is 0 Å². The van der Waals surface area contributed by atoms with Crippen molar-refractivity contribution in [1.82, 2.24) is 0 Å². The summed E-state index contributed by atoms with van der Waals surface area (Å²) < 4.78 is 5.91. The molecule has 0 radical (unpaired) electrons. The van der Waals surface area contributed by atoms with Gasteiger partial charge in [0, 0.05) is 21.8 Å². The molecular weight excluding hydrogens is 346 g/mol. The van der Waals surface area contributed by atoms with Gasteiger partial charge in [-0.25, -0.2) is 0 Å². The SMILES string of the molecule is COc1cc(Br)cc(NC(=O)c2ccc(O)c(Cl)c2)c1. The third-order valence-electron chi connectivity index (χ3n) is 2.57. The Bertz CT molecular complexity index is 661. The highest BCUT2D eigenvalue weighted by molar-refractivity contribution is 9.10. The van der Waals surface area contributed by atoms with E-state index in [1.807, 2.05) is 0 Å². The smallest absolute Gasteiger partial charge is 0.255 e. The molecule has 0 unspecified atom stereocenters. The fourth-order valence-corrected chi connectivity index (χ4v) is 2.26. The molecule has 0 saturated carbocycles. The molecule has 0 fully saturated rings. The number of rotatable bonds is 3. The van der Waals surface area contributed by atoms with E-state index >= 15 is 0 Å². The molecule has 0 aliphatic heterocycles. The average Bonchev–Trinajstić information content (AvgIpc) is 2.41. The molecule has 20 heavy (non-hydrogen) atoms. The second-order valence-corrected chi connectivity index (χ2v) is 5.32. The number of ether oxygens (including phenoxy) is 1. The number of nitrogens with one attached hydrogen (secondary N) is 1. The Morgan fingerprint density at radius 2 is 2.05 bits per heavy atom. The Kier molecular flexibility index (Phi) is 4.52. The minimum atomic E-state index is -0.327. The van der Waals surface area contributed by atoms with Gasteiger partial charge in [-0.3, -0.25) is 4.79 Å². The Morgan fingerprint density at radius 1 is 1.30 bits per heavy atom. The summed E-state index contributed by atoms with van der Waals surface area (Å²) in [5.74, 6) is 0.234.